The van der Waals surface area contributed by atoms with Gasteiger partial charge in [0.05, 0.1) is 20.8 Å². The van der Waals surface area contributed by atoms with E-state index in [9.17, 15) is 4.79 Å². The predicted octanol–water partition coefficient (Wildman–Crippen LogP) is 4.93. The molecule has 0 amide bonds. The van der Waals surface area contributed by atoms with E-state index in [1.165, 1.54) is 6.08 Å². The van der Waals surface area contributed by atoms with E-state index >= 15 is 0 Å². The van der Waals surface area contributed by atoms with Gasteiger partial charge >= 0.3 is 5.97 Å². The van der Waals surface area contributed by atoms with Crippen molar-refractivity contribution in [3.05, 3.63) is 65.7 Å². The van der Waals surface area contributed by atoms with Crippen LogP contribution in [0.5, 0.6) is 11.5 Å². The van der Waals surface area contributed by atoms with Crippen molar-refractivity contribution < 1.29 is 28.5 Å². The molecule has 0 saturated carbocycles. The summed E-state index contributed by atoms with van der Waals surface area (Å²) in [6.07, 6.45) is 3.51. The van der Waals surface area contributed by atoms with Gasteiger partial charge < -0.3 is 23.7 Å². The Kier molecular flexibility index (Phi) is 8.50. The molecule has 3 rings (SSSR count). The average molecular weight is 427 g/mol. The second-order valence-corrected chi connectivity index (χ2v) is 7.17. The van der Waals surface area contributed by atoms with Crippen LogP contribution in [0, 0.1) is 0 Å². The van der Waals surface area contributed by atoms with Gasteiger partial charge in [0, 0.05) is 12.7 Å². The molecular weight excluding hydrogens is 396 g/mol. The maximum Gasteiger partial charge on any atom is 0.331 e. The Hall–Kier alpha value is -2.83. The van der Waals surface area contributed by atoms with Crippen molar-refractivity contribution in [3.63, 3.8) is 0 Å². The quantitative estimate of drug-likeness (QED) is 0.418. The van der Waals surface area contributed by atoms with Crippen molar-refractivity contribution in [1.82, 2.24) is 0 Å². The molecule has 0 aromatic heterocycles. The van der Waals surface area contributed by atoms with E-state index in [0.717, 1.165) is 41.9 Å². The van der Waals surface area contributed by atoms with E-state index in [-0.39, 0.29) is 6.29 Å². The Morgan fingerprint density at radius 3 is 2.23 bits per heavy atom. The Morgan fingerprint density at radius 1 is 1.03 bits per heavy atom. The first-order valence-corrected chi connectivity index (χ1v) is 10.6. The summed E-state index contributed by atoms with van der Waals surface area (Å²) in [5, 5.41) is 0. The van der Waals surface area contributed by atoms with Crippen LogP contribution in [-0.4, -0.2) is 39.7 Å². The number of esters is 1. The van der Waals surface area contributed by atoms with Gasteiger partial charge in [-0.05, 0) is 67.2 Å². The highest BCUT2D eigenvalue weighted by Gasteiger charge is 2.26. The van der Waals surface area contributed by atoms with Crippen molar-refractivity contribution in [2.24, 2.45) is 0 Å². The van der Waals surface area contributed by atoms with Crippen molar-refractivity contribution in [1.29, 1.82) is 0 Å². The second kappa shape index (κ2) is 11.5. The van der Waals surface area contributed by atoms with Crippen LogP contribution >= 0.6 is 0 Å². The third-order valence-corrected chi connectivity index (χ3v) is 5.11. The van der Waals surface area contributed by atoms with Crippen LogP contribution in [0.3, 0.4) is 0 Å². The topological polar surface area (TPSA) is 63.2 Å². The summed E-state index contributed by atoms with van der Waals surface area (Å²) in [5.74, 6) is 1.06. The number of rotatable bonds is 9. The van der Waals surface area contributed by atoms with Crippen LogP contribution in [0.2, 0.25) is 0 Å². The lowest BCUT2D eigenvalue weighted by Gasteiger charge is -2.30. The lowest BCUT2D eigenvalue weighted by molar-refractivity contribution is -0.178. The van der Waals surface area contributed by atoms with Crippen LogP contribution in [0.4, 0.5) is 0 Å². The zero-order valence-corrected chi connectivity index (χ0v) is 18.3. The maximum absolute atomic E-state index is 12.4. The van der Waals surface area contributed by atoms with Gasteiger partial charge in [0.2, 0.25) is 0 Å². The minimum atomic E-state index is -0.521. The first-order chi connectivity index (χ1) is 15.1. The highest BCUT2D eigenvalue weighted by Crippen LogP contribution is 2.37. The molecule has 2 atom stereocenters. The molecule has 166 valence electrons. The second-order valence-electron chi connectivity index (χ2n) is 7.17. The fraction of sp³-hybridized carbons (Fsp3) is 0.400. The van der Waals surface area contributed by atoms with E-state index in [1.54, 1.807) is 21.1 Å². The van der Waals surface area contributed by atoms with Crippen LogP contribution in [-0.2, 0) is 19.0 Å². The summed E-state index contributed by atoms with van der Waals surface area (Å²) >= 11 is 0. The molecule has 0 radical (unpaired) electrons. The molecule has 0 bridgehead atoms. The predicted molar refractivity (Wildman–Crippen MR) is 118 cm³/mol. The fourth-order valence-electron chi connectivity index (χ4n) is 3.49. The van der Waals surface area contributed by atoms with Gasteiger partial charge in [-0.15, -0.1) is 0 Å². The minimum Gasteiger partial charge on any atom is -0.497 e. The third kappa shape index (κ3) is 6.32. The van der Waals surface area contributed by atoms with Gasteiger partial charge in [0.1, 0.15) is 17.6 Å². The number of benzene rings is 2. The standard InChI is InChI=1S/C25H30O6/c1-4-29-23(26)17-22(18-8-12-20(27-2)13-9-18)25(31-24-7-5-6-16-30-24)19-10-14-21(28-3)15-11-19/h8-15,17,24-25H,4-7,16H2,1-3H3. The van der Waals surface area contributed by atoms with E-state index in [0.29, 0.717) is 18.8 Å². The number of ether oxygens (including phenoxy) is 5. The molecule has 31 heavy (non-hydrogen) atoms. The Balaban J connectivity index is 2.03. The zero-order chi connectivity index (χ0) is 22.1. The molecule has 1 fully saturated rings. The lowest BCUT2D eigenvalue weighted by atomic mass is 9.94. The molecule has 6 heteroatoms. The van der Waals surface area contributed by atoms with E-state index < -0.39 is 12.1 Å². The van der Waals surface area contributed by atoms with E-state index in [4.69, 9.17) is 23.7 Å². The molecule has 1 saturated heterocycles. The van der Waals surface area contributed by atoms with Gasteiger partial charge in [-0.1, -0.05) is 24.3 Å². The molecule has 1 aliphatic heterocycles. The maximum atomic E-state index is 12.4. The summed E-state index contributed by atoms with van der Waals surface area (Å²) in [5.41, 5.74) is 2.42. The summed E-state index contributed by atoms with van der Waals surface area (Å²) in [7, 11) is 3.25. The molecule has 2 aromatic rings. The van der Waals surface area contributed by atoms with Gasteiger partial charge in [0.25, 0.3) is 0 Å². The molecule has 1 aliphatic rings. The first-order valence-electron chi connectivity index (χ1n) is 10.6. The van der Waals surface area contributed by atoms with E-state index in [2.05, 4.69) is 0 Å². The Labute approximate surface area is 183 Å². The monoisotopic (exact) mass is 426 g/mol. The number of hydrogen-bond donors (Lipinski definition) is 0. The highest BCUT2D eigenvalue weighted by atomic mass is 16.7. The molecular formula is C25H30O6. The summed E-state index contributed by atoms with van der Waals surface area (Å²) < 4.78 is 28.1. The molecule has 6 nitrogen and oxygen atoms in total. The van der Waals surface area contributed by atoms with E-state index in [1.807, 2.05) is 48.5 Å². The van der Waals surface area contributed by atoms with Gasteiger partial charge in [-0.2, -0.15) is 0 Å². The zero-order valence-electron chi connectivity index (χ0n) is 18.3. The lowest BCUT2D eigenvalue weighted by Crippen LogP contribution is -2.25. The molecule has 2 unspecified atom stereocenters. The summed E-state index contributed by atoms with van der Waals surface area (Å²) in [4.78, 5) is 12.4. The Bertz CT molecular complexity index is 851. The molecule has 0 aliphatic carbocycles. The number of methoxy groups -OCH3 is 2. The van der Waals surface area contributed by atoms with Crippen LogP contribution < -0.4 is 9.47 Å². The normalized spacial score (nSPS) is 17.6. The molecule has 0 N–H and O–H groups in total. The van der Waals surface area contributed by atoms with Crippen LogP contribution in [0.25, 0.3) is 5.57 Å². The van der Waals surface area contributed by atoms with Crippen molar-refractivity contribution >= 4 is 11.5 Å². The van der Waals surface area contributed by atoms with Gasteiger partial charge in [0.15, 0.2) is 6.29 Å². The van der Waals surface area contributed by atoms with Crippen molar-refractivity contribution in [2.75, 3.05) is 27.4 Å². The number of hydrogen-bond acceptors (Lipinski definition) is 6. The molecule has 2 aromatic carbocycles. The van der Waals surface area contributed by atoms with Crippen molar-refractivity contribution in [3.8, 4) is 11.5 Å². The first kappa shape index (κ1) is 22.8. The SMILES string of the molecule is CCOC(=O)C=C(c1ccc(OC)cc1)C(OC1CCCCO1)c1ccc(OC)cc1. The van der Waals surface area contributed by atoms with Crippen LogP contribution in [0.1, 0.15) is 43.4 Å². The number of carbonyl (C=O) groups excluding carboxylic acids is 1. The average Bonchev–Trinajstić information content (AvgIpc) is 2.82. The van der Waals surface area contributed by atoms with Gasteiger partial charge in [-0.25, -0.2) is 4.79 Å². The third-order valence-electron chi connectivity index (χ3n) is 5.11. The minimum absolute atomic E-state index is 0.297. The number of carbonyl (C=O) groups is 1. The fourth-order valence-corrected chi connectivity index (χ4v) is 3.49. The summed E-state index contributed by atoms with van der Waals surface area (Å²) in [6, 6.07) is 15.2. The largest absolute Gasteiger partial charge is 0.497 e. The highest BCUT2D eigenvalue weighted by molar-refractivity contribution is 5.92. The Morgan fingerprint density at radius 2 is 1.68 bits per heavy atom. The van der Waals surface area contributed by atoms with Crippen LogP contribution in [0.15, 0.2) is 54.6 Å². The van der Waals surface area contributed by atoms with Gasteiger partial charge in [-0.3, -0.25) is 0 Å². The molecule has 1 heterocycles. The van der Waals surface area contributed by atoms with Crippen molar-refractivity contribution in [2.45, 2.75) is 38.6 Å². The smallest absolute Gasteiger partial charge is 0.331 e. The summed E-state index contributed by atoms with van der Waals surface area (Å²) in [6.45, 7) is 2.75. The molecule has 0 spiro atoms.